The van der Waals surface area contributed by atoms with Crippen LogP contribution in [0.25, 0.3) is 11.1 Å². The lowest BCUT2D eigenvalue weighted by molar-refractivity contribution is -0.136. The number of hydrogen-bond donors (Lipinski definition) is 2. The van der Waals surface area contributed by atoms with Crippen LogP contribution in [-0.4, -0.2) is 23.8 Å². The quantitative estimate of drug-likeness (QED) is 0.424. The number of rotatable bonds is 9. The summed E-state index contributed by atoms with van der Waals surface area (Å²) in [4.78, 5) is 23.2. The fraction of sp³-hybridized carbons (Fsp3) is 0.200. The Bertz CT molecular complexity index is 1150. The standard InChI is InChI=1S/C25H23ClFNO5/c1-2-32-23-9-7-18(17-5-3-4-16(10-17)11-24(29)30)12-20(23)14-28-25(31)33-15-19-6-8-21(26)13-22(19)27/h3-10,12-13H,2,11,14-15H2,1H3,(H,28,31)(H,29,30). The minimum atomic E-state index is -0.902. The van der Waals surface area contributed by atoms with Crippen molar-refractivity contribution in [2.75, 3.05) is 6.61 Å². The second kappa shape index (κ2) is 11.3. The molecule has 0 bridgehead atoms. The normalized spacial score (nSPS) is 10.5. The van der Waals surface area contributed by atoms with Crippen LogP contribution < -0.4 is 10.1 Å². The first-order chi connectivity index (χ1) is 15.9. The first-order valence-corrected chi connectivity index (χ1v) is 10.6. The summed E-state index contributed by atoms with van der Waals surface area (Å²) in [6.07, 6.45) is -0.778. The predicted octanol–water partition coefficient (Wildman–Crippen LogP) is 5.60. The largest absolute Gasteiger partial charge is 0.494 e. The first kappa shape index (κ1) is 24.1. The van der Waals surface area contributed by atoms with Crippen molar-refractivity contribution in [3.63, 3.8) is 0 Å². The number of halogens is 2. The van der Waals surface area contributed by atoms with Crippen LogP contribution in [0.5, 0.6) is 5.75 Å². The van der Waals surface area contributed by atoms with Gasteiger partial charge in [-0.2, -0.15) is 0 Å². The molecule has 0 spiro atoms. The highest BCUT2D eigenvalue weighted by molar-refractivity contribution is 6.30. The van der Waals surface area contributed by atoms with Gasteiger partial charge in [0.1, 0.15) is 18.2 Å². The Balaban J connectivity index is 1.70. The van der Waals surface area contributed by atoms with Gasteiger partial charge in [0.15, 0.2) is 0 Å². The molecule has 0 atom stereocenters. The van der Waals surface area contributed by atoms with Crippen molar-refractivity contribution in [1.82, 2.24) is 5.32 Å². The van der Waals surface area contributed by atoms with E-state index >= 15 is 0 Å². The maximum Gasteiger partial charge on any atom is 0.407 e. The summed E-state index contributed by atoms with van der Waals surface area (Å²) < 4.78 is 24.6. The topological polar surface area (TPSA) is 84.9 Å². The smallest absolute Gasteiger partial charge is 0.407 e. The molecular weight excluding hydrogens is 449 g/mol. The van der Waals surface area contributed by atoms with Gasteiger partial charge in [-0.25, -0.2) is 9.18 Å². The molecule has 3 aromatic rings. The van der Waals surface area contributed by atoms with Crippen LogP contribution in [0.2, 0.25) is 5.02 Å². The Labute approximate surface area is 195 Å². The average Bonchev–Trinajstić information content (AvgIpc) is 2.77. The van der Waals surface area contributed by atoms with Gasteiger partial charge in [0.05, 0.1) is 13.0 Å². The molecule has 3 aromatic carbocycles. The fourth-order valence-corrected chi connectivity index (χ4v) is 3.39. The van der Waals surface area contributed by atoms with Gasteiger partial charge in [-0.05, 0) is 47.9 Å². The lowest BCUT2D eigenvalue weighted by Crippen LogP contribution is -2.24. The highest BCUT2D eigenvalue weighted by Crippen LogP contribution is 2.28. The molecule has 6 nitrogen and oxygen atoms in total. The van der Waals surface area contributed by atoms with E-state index in [4.69, 9.17) is 26.2 Å². The van der Waals surface area contributed by atoms with Crippen molar-refractivity contribution in [2.24, 2.45) is 0 Å². The first-order valence-electron chi connectivity index (χ1n) is 10.3. The minimum absolute atomic E-state index is 0.0701. The van der Waals surface area contributed by atoms with Crippen LogP contribution in [0, 0.1) is 5.82 Å². The van der Waals surface area contributed by atoms with Gasteiger partial charge in [-0.3, -0.25) is 4.79 Å². The molecule has 0 aromatic heterocycles. The number of carboxylic acids is 1. The molecule has 8 heteroatoms. The maximum atomic E-state index is 13.8. The van der Waals surface area contributed by atoms with E-state index in [9.17, 15) is 14.0 Å². The number of alkyl carbamates (subject to hydrolysis) is 1. The summed E-state index contributed by atoms with van der Waals surface area (Å²) in [5.41, 5.74) is 3.31. The Hall–Kier alpha value is -3.58. The Morgan fingerprint density at radius 1 is 1.03 bits per heavy atom. The van der Waals surface area contributed by atoms with Crippen LogP contribution in [0.4, 0.5) is 9.18 Å². The molecular formula is C25H23ClFNO5. The number of hydrogen-bond acceptors (Lipinski definition) is 4. The Morgan fingerprint density at radius 3 is 2.55 bits per heavy atom. The van der Waals surface area contributed by atoms with Gasteiger partial charge >= 0.3 is 12.1 Å². The SMILES string of the molecule is CCOc1ccc(-c2cccc(CC(=O)O)c2)cc1CNC(=O)OCc1ccc(Cl)cc1F. The lowest BCUT2D eigenvalue weighted by atomic mass is 9.99. The third-order valence-electron chi connectivity index (χ3n) is 4.77. The zero-order chi connectivity index (χ0) is 23.8. The Kier molecular flexibility index (Phi) is 8.27. The number of nitrogens with one attached hydrogen (secondary N) is 1. The molecule has 3 rings (SSSR count). The second-order valence-electron chi connectivity index (χ2n) is 7.19. The minimum Gasteiger partial charge on any atom is -0.494 e. The van der Waals surface area contributed by atoms with Gasteiger partial charge in [-0.1, -0.05) is 48.0 Å². The predicted molar refractivity (Wildman–Crippen MR) is 123 cm³/mol. The van der Waals surface area contributed by atoms with Crippen LogP contribution in [-0.2, 0) is 29.1 Å². The summed E-state index contributed by atoms with van der Waals surface area (Å²) >= 11 is 5.73. The zero-order valence-electron chi connectivity index (χ0n) is 17.9. The van der Waals surface area contributed by atoms with Gasteiger partial charge in [-0.15, -0.1) is 0 Å². The third-order valence-corrected chi connectivity index (χ3v) is 5.01. The van der Waals surface area contributed by atoms with E-state index in [2.05, 4.69) is 5.32 Å². The molecule has 172 valence electrons. The molecule has 0 aliphatic carbocycles. The summed E-state index contributed by atoms with van der Waals surface area (Å²) in [5, 5.41) is 11.9. The summed E-state index contributed by atoms with van der Waals surface area (Å²) in [5.74, 6) is -0.848. The third kappa shape index (κ3) is 6.95. The molecule has 0 heterocycles. The molecule has 0 saturated heterocycles. The number of ether oxygens (including phenoxy) is 2. The van der Waals surface area contributed by atoms with E-state index < -0.39 is 17.9 Å². The molecule has 0 radical (unpaired) electrons. The molecule has 0 unspecified atom stereocenters. The van der Waals surface area contributed by atoms with Crippen LogP contribution >= 0.6 is 11.6 Å². The summed E-state index contributed by atoms with van der Waals surface area (Å²) in [6.45, 7) is 2.19. The van der Waals surface area contributed by atoms with Crippen LogP contribution in [0.3, 0.4) is 0 Å². The van der Waals surface area contributed by atoms with Crippen molar-refractivity contribution in [2.45, 2.75) is 26.5 Å². The number of carbonyl (C=O) groups is 2. The van der Waals surface area contributed by atoms with E-state index in [1.54, 1.807) is 18.2 Å². The molecule has 0 aliphatic rings. The number of carboxylic acid groups (broad SMARTS) is 1. The van der Waals surface area contributed by atoms with E-state index in [1.165, 1.54) is 12.1 Å². The highest BCUT2D eigenvalue weighted by atomic mass is 35.5. The van der Waals surface area contributed by atoms with Crippen molar-refractivity contribution < 1.29 is 28.6 Å². The number of carbonyl (C=O) groups excluding carboxylic acids is 1. The second-order valence-corrected chi connectivity index (χ2v) is 7.63. The molecule has 2 N–H and O–H groups in total. The van der Waals surface area contributed by atoms with Crippen molar-refractivity contribution in [3.8, 4) is 16.9 Å². The van der Waals surface area contributed by atoms with Crippen molar-refractivity contribution >= 4 is 23.7 Å². The average molecular weight is 472 g/mol. The fourth-order valence-electron chi connectivity index (χ4n) is 3.23. The van der Waals surface area contributed by atoms with Gasteiger partial charge in [0.2, 0.25) is 0 Å². The van der Waals surface area contributed by atoms with Crippen LogP contribution in [0.1, 0.15) is 23.6 Å². The van der Waals surface area contributed by atoms with Crippen molar-refractivity contribution in [1.29, 1.82) is 0 Å². The van der Waals surface area contributed by atoms with E-state index in [1.807, 2.05) is 31.2 Å². The van der Waals surface area contributed by atoms with E-state index in [-0.39, 0.29) is 30.2 Å². The summed E-state index contributed by atoms with van der Waals surface area (Å²) in [7, 11) is 0. The van der Waals surface area contributed by atoms with Crippen LogP contribution in [0.15, 0.2) is 60.7 Å². The lowest BCUT2D eigenvalue weighted by Gasteiger charge is -2.14. The maximum absolute atomic E-state index is 13.8. The monoisotopic (exact) mass is 471 g/mol. The zero-order valence-corrected chi connectivity index (χ0v) is 18.7. The Morgan fingerprint density at radius 2 is 1.82 bits per heavy atom. The van der Waals surface area contributed by atoms with E-state index in [0.29, 0.717) is 23.5 Å². The van der Waals surface area contributed by atoms with Gasteiger partial charge in [0.25, 0.3) is 0 Å². The summed E-state index contributed by atoms with van der Waals surface area (Å²) in [6, 6.07) is 16.9. The highest BCUT2D eigenvalue weighted by Gasteiger charge is 2.11. The van der Waals surface area contributed by atoms with E-state index in [0.717, 1.165) is 17.2 Å². The van der Waals surface area contributed by atoms with Gasteiger partial charge in [0, 0.05) is 22.7 Å². The van der Waals surface area contributed by atoms with Gasteiger partial charge < -0.3 is 19.9 Å². The molecule has 33 heavy (non-hydrogen) atoms. The molecule has 0 saturated carbocycles. The molecule has 1 amide bonds. The molecule has 0 fully saturated rings. The van der Waals surface area contributed by atoms with Crippen molar-refractivity contribution in [3.05, 3.63) is 88.2 Å². The number of aliphatic carboxylic acids is 1. The number of amides is 1. The number of benzene rings is 3. The molecule has 0 aliphatic heterocycles.